The number of benzene rings is 1. The van der Waals surface area contributed by atoms with Crippen LogP contribution in [0, 0.1) is 5.82 Å². The number of nitrogens with one attached hydrogen (secondary N) is 1. The minimum atomic E-state index is -0.269. The Hall–Kier alpha value is -1.10. The molecular weight excluding hydrogens is 259 g/mol. The van der Waals surface area contributed by atoms with Crippen molar-refractivity contribution >= 4 is 28.6 Å². The van der Waals surface area contributed by atoms with E-state index in [1.165, 1.54) is 23.5 Å². The number of hydrogen-bond donors (Lipinski definition) is 2. The van der Waals surface area contributed by atoms with Crippen molar-refractivity contribution in [2.45, 2.75) is 6.04 Å². The van der Waals surface area contributed by atoms with Crippen LogP contribution in [0.1, 0.15) is 10.9 Å². The van der Waals surface area contributed by atoms with Gasteiger partial charge in [0.25, 0.3) is 0 Å². The molecule has 90 valence electrons. The van der Waals surface area contributed by atoms with Gasteiger partial charge in [-0.05, 0) is 24.3 Å². The van der Waals surface area contributed by atoms with Crippen molar-refractivity contribution in [3.8, 4) is 0 Å². The zero-order valence-electron chi connectivity index (χ0n) is 8.99. The van der Waals surface area contributed by atoms with Crippen LogP contribution >= 0.6 is 22.9 Å². The van der Waals surface area contributed by atoms with Crippen LogP contribution < -0.4 is 11.1 Å². The average molecular weight is 271 g/mol. The number of halogens is 2. The third kappa shape index (κ3) is 3.19. The molecule has 1 aromatic heterocycles. The van der Waals surface area contributed by atoms with Crippen molar-refractivity contribution in [2.24, 2.45) is 5.73 Å². The lowest BCUT2D eigenvalue weighted by atomic mass is 10.2. The molecule has 0 aliphatic heterocycles. The van der Waals surface area contributed by atoms with Gasteiger partial charge in [0.15, 0.2) is 0 Å². The topological polar surface area (TPSA) is 38.0 Å². The number of rotatable bonds is 4. The molecule has 2 nitrogen and oxygen atoms in total. The van der Waals surface area contributed by atoms with Gasteiger partial charge in [0.1, 0.15) is 5.82 Å². The fourth-order valence-electron chi connectivity index (χ4n) is 1.54. The number of hydrogen-bond acceptors (Lipinski definition) is 3. The first-order chi connectivity index (χ1) is 8.19. The van der Waals surface area contributed by atoms with Gasteiger partial charge in [-0.15, -0.1) is 11.3 Å². The van der Waals surface area contributed by atoms with Crippen LogP contribution in [0.5, 0.6) is 0 Å². The van der Waals surface area contributed by atoms with Gasteiger partial charge in [-0.2, -0.15) is 0 Å². The summed E-state index contributed by atoms with van der Waals surface area (Å²) in [4.78, 5) is 1.04. The lowest BCUT2D eigenvalue weighted by molar-refractivity contribution is 0.627. The molecule has 1 aromatic carbocycles. The van der Waals surface area contributed by atoms with Gasteiger partial charge < -0.3 is 11.1 Å². The van der Waals surface area contributed by atoms with Gasteiger partial charge in [0.05, 0.1) is 11.1 Å². The van der Waals surface area contributed by atoms with Gasteiger partial charge >= 0.3 is 0 Å². The highest BCUT2D eigenvalue weighted by Gasteiger charge is 2.11. The summed E-state index contributed by atoms with van der Waals surface area (Å²) in [5.74, 6) is -0.269. The van der Waals surface area contributed by atoms with Gasteiger partial charge in [0.2, 0.25) is 0 Å². The smallest absolute Gasteiger partial charge is 0.125 e. The Morgan fingerprint density at radius 3 is 2.82 bits per heavy atom. The van der Waals surface area contributed by atoms with E-state index in [0.717, 1.165) is 4.88 Å². The van der Waals surface area contributed by atoms with Gasteiger partial charge in [0, 0.05) is 22.5 Å². The summed E-state index contributed by atoms with van der Waals surface area (Å²) in [6.45, 7) is 0.424. The van der Waals surface area contributed by atoms with E-state index in [0.29, 0.717) is 17.3 Å². The van der Waals surface area contributed by atoms with E-state index < -0.39 is 0 Å². The van der Waals surface area contributed by atoms with Crippen molar-refractivity contribution in [1.29, 1.82) is 0 Å². The highest BCUT2D eigenvalue weighted by molar-refractivity contribution is 7.10. The predicted molar refractivity (Wildman–Crippen MR) is 71.1 cm³/mol. The van der Waals surface area contributed by atoms with Crippen molar-refractivity contribution in [1.82, 2.24) is 0 Å². The molecule has 3 N–H and O–H groups in total. The maximum atomic E-state index is 13.0. The summed E-state index contributed by atoms with van der Waals surface area (Å²) in [6, 6.07) is 8.14. The van der Waals surface area contributed by atoms with Crippen LogP contribution in [0.2, 0.25) is 5.02 Å². The Morgan fingerprint density at radius 1 is 1.41 bits per heavy atom. The second-order valence-corrected chi connectivity index (χ2v) is 4.99. The second kappa shape index (κ2) is 5.49. The highest BCUT2D eigenvalue weighted by atomic mass is 35.5. The first kappa shape index (κ1) is 12.4. The molecule has 1 heterocycles. The average Bonchev–Trinajstić information content (AvgIpc) is 2.73. The van der Waals surface area contributed by atoms with Crippen molar-refractivity contribution in [3.05, 3.63) is 51.4 Å². The minimum Gasteiger partial charge on any atom is -0.376 e. The molecular formula is C12H12ClFN2S. The Bertz CT molecular complexity index is 501. The second-order valence-electron chi connectivity index (χ2n) is 3.61. The van der Waals surface area contributed by atoms with Crippen LogP contribution in [-0.2, 0) is 0 Å². The molecule has 0 aliphatic rings. The van der Waals surface area contributed by atoms with E-state index in [4.69, 9.17) is 17.3 Å². The van der Waals surface area contributed by atoms with Crippen LogP contribution in [0.3, 0.4) is 0 Å². The summed E-state index contributed by atoms with van der Waals surface area (Å²) in [5, 5.41) is 5.74. The molecule has 0 fully saturated rings. The fourth-order valence-corrected chi connectivity index (χ4v) is 2.68. The number of nitrogens with two attached hydrogens (primary N) is 1. The summed E-state index contributed by atoms with van der Waals surface area (Å²) >= 11 is 7.41. The molecule has 5 heteroatoms. The lowest BCUT2D eigenvalue weighted by Crippen LogP contribution is -2.19. The van der Waals surface area contributed by atoms with Crippen molar-refractivity contribution in [2.75, 3.05) is 11.9 Å². The SMILES string of the molecule is NCC(Nc1cccc(F)c1)c1cc(Cl)cs1. The summed E-state index contributed by atoms with van der Waals surface area (Å²) in [7, 11) is 0. The van der Waals surface area contributed by atoms with E-state index >= 15 is 0 Å². The Kier molecular flexibility index (Phi) is 3.99. The third-order valence-electron chi connectivity index (χ3n) is 2.33. The normalized spacial score (nSPS) is 12.4. The molecule has 1 unspecified atom stereocenters. The standard InChI is InChI=1S/C12H12ClFN2S/c13-8-4-12(17-7-8)11(6-15)16-10-3-1-2-9(14)5-10/h1-5,7,11,16H,6,15H2. The third-order valence-corrected chi connectivity index (χ3v) is 3.73. The Morgan fingerprint density at radius 2 is 2.24 bits per heavy atom. The van der Waals surface area contributed by atoms with E-state index in [9.17, 15) is 4.39 Å². The first-order valence-electron chi connectivity index (χ1n) is 5.15. The fraction of sp³-hybridized carbons (Fsp3) is 0.167. The Labute approximate surface area is 108 Å². The minimum absolute atomic E-state index is 0.0469. The summed E-state index contributed by atoms with van der Waals surface area (Å²) in [6.07, 6.45) is 0. The number of thiophene rings is 1. The summed E-state index contributed by atoms with van der Waals surface area (Å²) in [5.41, 5.74) is 6.42. The molecule has 2 aromatic rings. The first-order valence-corrected chi connectivity index (χ1v) is 6.41. The molecule has 17 heavy (non-hydrogen) atoms. The molecule has 0 saturated heterocycles. The highest BCUT2D eigenvalue weighted by Crippen LogP contribution is 2.27. The van der Waals surface area contributed by atoms with Crippen molar-refractivity contribution in [3.63, 3.8) is 0 Å². The molecule has 1 atom stereocenters. The predicted octanol–water partition coefficient (Wildman–Crippen LogP) is 3.65. The van der Waals surface area contributed by atoms with E-state index in [2.05, 4.69) is 5.32 Å². The maximum Gasteiger partial charge on any atom is 0.125 e. The van der Waals surface area contributed by atoms with Gasteiger partial charge in [-0.3, -0.25) is 0 Å². The zero-order chi connectivity index (χ0) is 12.3. The number of anilines is 1. The molecule has 0 bridgehead atoms. The molecule has 0 radical (unpaired) electrons. The molecule has 0 saturated carbocycles. The van der Waals surface area contributed by atoms with Crippen LogP contribution in [0.4, 0.5) is 10.1 Å². The molecule has 0 aliphatic carbocycles. The van der Waals surface area contributed by atoms with E-state index in [1.807, 2.05) is 11.4 Å². The van der Waals surface area contributed by atoms with Crippen LogP contribution in [0.15, 0.2) is 35.7 Å². The largest absolute Gasteiger partial charge is 0.376 e. The van der Waals surface area contributed by atoms with Crippen LogP contribution in [-0.4, -0.2) is 6.54 Å². The van der Waals surface area contributed by atoms with Crippen molar-refractivity contribution < 1.29 is 4.39 Å². The zero-order valence-corrected chi connectivity index (χ0v) is 10.6. The molecule has 0 spiro atoms. The quantitative estimate of drug-likeness (QED) is 0.890. The van der Waals surface area contributed by atoms with Crippen LogP contribution in [0.25, 0.3) is 0 Å². The summed E-state index contributed by atoms with van der Waals surface area (Å²) < 4.78 is 13.0. The van der Waals surface area contributed by atoms with E-state index in [1.54, 1.807) is 12.1 Å². The Balaban J connectivity index is 2.15. The lowest BCUT2D eigenvalue weighted by Gasteiger charge is -2.16. The van der Waals surface area contributed by atoms with Gasteiger partial charge in [-0.1, -0.05) is 17.7 Å². The molecule has 2 rings (SSSR count). The van der Waals surface area contributed by atoms with Gasteiger partial charge in [-0.25, -0.2) is 4.39 Å². The van der Waals surface area contributed by atoms with E-state index in [-0.39, 0.29) is 11.9 Å². The monoisotopic (exact) mass is 270 g/mol. The molecule has 0 amide bonds. The maximum absolute atomic E-state index is 13.0.